The molecule has 2 aliphatic rings. The smallest absolute Gasteiger partial charge is 0.416 e. The highest BCUT2D eigenvalue weighted by Gasteiger charge is 2.34. The zero-order valence-corrected chi connectivity index (χ0v) is 24.3. The number of alkyl halides is 3. The molecule has 2 aromatic rings. The summed E-state index contributed by atoms with van der Waals surface area (Å²) in [5.41, 5.74) is 6.11. The van der Waals surface area contributed by atoms with Crippen LogP contribution in [0.15, 0.2) is 60.6 Å². The Hall–Kier alpha value is -3.98. The first-order valence-electron chi connectivity index (χ1n) is 13.7. The van der Waals surface area contributed by atoms with E-state index in [0.717, 1.165) is 19.2 Å². The molecule has 1 aromatic heterocycles. The summed E-state index contributed by atoms with van der Waals surface area (Å²) < 4.78 is 46.9. The molecule has 1 fully saturated rings. The average Bonchev–Trinajstić information content (AvgIpc) is 2.98. The molecule has 1 aromatic carbocycles. The molecule has 4 rings (SSSR count). The van der Waals surface area contributed by atoms with Gasteiger partial charge in [-0.15, -0.1) is 0 Å². The van der Waals surface area contributed by atoms with E-state index in [1.54, 1.807) is 18.2 Å². The van der Waals surface area contributed by atoms with E-state index in [0.29, 0.717) is 24.4 Å². The number of ether oxygens (including phenoxy) is 1. The normalized spacial score (nSPS) is 19.0. The number of likely N-dealkylation sites (N-methyl/N-ethyl adjacent to an activating group) is 1. The van der Waals surface area contributed by atoms with Gasteiger partial charge < -0.3 is 20.7 Å². The molecule has 8 nitrogen and oxygen atoms in total. The maximum absolute atomic E-state index is 13.9. The van der Waals surface area contributed by atoms with Crippen molar-refractivity contribution in [3.63, 3.8) is 0 Å². The fraction of sp³-hybridized carbons (Fsp3) is 0.387. The molecular weight excluding hydrogens is 545 g/mol. The van der Waals surface area contributed by atoms with Crippen LogP contribution >= 0.6 is 0 Å². The van der Waals surface area contributed by atoms with Crippen LogP contribution in [0, 0.1) is 23.2 Å². The number of piperazine rings is 1. The van der Waals surface area contributed by atoms with E-state index in [-0.39, 0.29) is 29.1 Å². The molecule has 0 saturated carbocycles. The Kier molecular flexibility index (Phi) is 11.4. The predicted octanol–water partition coefficient (Wildman–Crippen LogP) is 4.54. The van der Waals surface area contributed by atoms with Crippen molar-refractivity contribution in [1.29, 1.82) is 5.41 Å². The minimum Gasteiger partial charge on any atom is -0.499 e. The van der Waals surface area contributed by atoms with Gasteiger partial charge in [0.15, 0.2) is 0 Å². The van der Waals surface area contributed by atoms with E-state index in [4.69, 9.17) is 15.9 Å². The van der Waals surface area contributed by atoms with Gasteiger partial charge in [0.25, 0.3) is 5.91 Å². The lowest BCUT2D eigenvalue weighted by molar-refractivity contribution is -0.138. The zero-order valence-electron chi connectivity index (χ0n) is 24.3. The third-order valence-electron chi connectivity index (χ3n) is 6.87. The minimum absolute atomic E-state index is 0.0257. The molecular formula is C31H37F3N6O2. The third kappa shape index (κ3) is 8.52. The number of pyridine rings is 1. The van der Waals surface area contributed by atoms with Crippen molar-refractivity contribution in [2.24, 2.45) is 11.7 Å². The summed E-state index contributed by atoms with van der Waals surface area (Å²) in [6.07, 6.45) is 3.40. The van der Waals surface area contributed by atoms with Gasteiger partial charge in [0.2, 0.25) is 0 Å². The highest BCUT2D eigenvalue weighted by Crippen LogP contribution is 2.34. The number of nitrogens with two attached hydrogens (primary N) is 1. The average molecular weight is 583 g/mol. The van der Waals surface area contributed by atoms with Gasteiger partial charge in [-0.1, -0.05) is 38.0 Å². The first kappa shape index (κ1) is 32.5. The highest BCUT2D eigenvalue weighted by atomic mass is 19.4. The van der Waals surface area contributed by atoms with Gasteiger partial charge >= 0.3 is 6.18 Å². The second kappa shape index (κ2) is 14.8. The minimum atomic E-state index is -4.57. The number of carbonyl (C=O) groups is 1. The van der Waals surface area contributed by atoms with Crippen LogP contribution in [-0.2, 0) is 17.5 Å². The van der Waals surface area contributed by atoms with E-state index in [9.17, 15) is 18.0 Å². The van der Waals surface area contributed by atoms with Crippen LogP contribution in [-0.4, -0.2) is 72.8 Å². The standard InChI is InChI=1S/C29H31F3N6O2.C2H6/c1-37-10-12-38(13-11-37)18-20-7-8-22(15-24(20)29(30,31)32)36-28(39)21-14-19(16-35-17-21)6-9-25(33)23-4-3-5-26(40-2)27(23)34;1-2/h3-5,7-8,14-17,23,27,33H,10-13,18,34H2,1-2H3,(H,36,39);1-2H3. The number of allylic oxidation sites excluding steroid dienone is 2. The van der Waals surface area contributed by atoms with E-state index < -0.39 is 29.6 Å². The summed E-state index contributed by atoms with van der Waals surface area (Å²) in [4.78, 5) is 21.0. The molecule has 0 spiro atoms. The third-order valence-corrected chi connectivity index (χ3v) is 6.87. The number of nitrogens with one attached hydrogen (secondary N) is 2. The Morgan fingerprint density at radius 2 is 1.90 bits per heavy atom. The maximum atomic E-state index is 13.9. The predicted molar refractivity (Wildman–Crippen MR) is 158 cm³/mol. The molecule has 11 heteroatoms. The van der Waals surface area contributed by atoms with Crippen LogP contribution in [0.2, 0.25) is 0 Å². The number of rotatable bonds is 6. The fourth-order valence-corrected chi connectivity index (χ4v) is 4.52. The number of aromatic nitrogens is 1. The zero-order chi connectivity index (χ0) is 30.9. The summed E-state index contributed by atoms with van der Waals surface area (Å²) in [5.74, 6) is 5.00. The number of halogens is 3. The molecule has 2 unspecified atom stereocenters. The molecule has 2 heterocycles. The van der Waals surface area contributed by atoms with Crippen molar-refractivity contribution in [3.8, 4) is 11.8 Å². The maximum Gasteiger partial charge on any atom is 0.416 e. The van der Waals surface area contributed by atoms with Gasteiger partial charge in [-0.3, -0.25) is 20.1 Å². The number of nitrogens with zero attached hydrogens (tertiary/aromatic N) is 3. The van der Waals surface area contributed by atoms with Crippen LogP contribution in [0.4, 0.5) is 18.9 Å². The van der Waals surface area contributed by atoms with Gasteiger partial charge in [0.1, 0.15) is 5.76 Å². The molecule has 0 radical (unpaired) electrons. The van der Waals surface area contributed by atoms with Crippen LogP contribution in [0.25, 0.3) is 0 Å². The van der Waals surface area contributed by atoms with Gasteiger partial charge in [-0.2, -0.15) is 13.2 Å². The van der Waals surface area contributed by atoms with Gasteiger partial charge in [0.05, 0.1) is 30.0 Å². The molecule has 224 valence electrons. The van der Waals surface area contributed by atoms with E-state index in [1.807, 2.05) is 25.8 Å². The van der Waals surface area contributed by atoms with Crippen LogP contribution in [0.5, 0.6) is 0 Å². The van der Waals surface area contributed by atoms with Crippen molar-refractivity contribution < 1.29 is 22.7 Å². The van der Waals surface area contributed by atoms with Gasteiger partial charge in [0, 0.05) is 62.3 Å². The topological polar surface area (TPSA) is 108 Å². The second-order valence-electron chi connectivity index (χ2n) is 9.74. The second-order valence-corrected chi connectivity index (χ2v) is 9.74. The number of amides is 1. The molecule has 1 aliphatic carbocycles. The van der Waals surface area contributed by atoms with E-state index in [2.05, 4.69) is 27.0 Å². The number of hydrogen-bond donors (Lipinski definition) is 3. The first-order valence-corrected chi connectivity index (χ1v) is 13.7. The Labute approximate surface area is 244 Å². The highest BCUT2D eigenvalue weighted by molar-refractivity contribution is 6.04. The molecule has 2 atom stereocenters. The van der Waals surface area contributed by atoms with Gasteiger partial charge in [-0.25, -0.2) is 0 Å². The molecule has 0 bridgehead atoms. The monoisotopic (exact) mass is 582 g/mol. The first-order chi connectivity index (χ1) is 20.0. The summed E-state index contributed by atoms with van der Waals surface area (Å²) in [7, 11) is 3.49. The van der Waals surface area contributed by atoms with Crippen LogP contribution < -0.4 is 11.1 Å². The molecule has 1 amide bonds. The Morgan fingerprint density at radius 3 is 2.57 bits per heavy atom. The number of benzene rings is 1. The van der Waals surface area contributed by atoms with Crippen molar-refractivity contribution in [2.75, 3.05) is 45.7 Å². The van der Waals surface area contributed by atoms with E-state index >= 15 is 0 Å². The number of carbonyl (C=O) groups excluding carboxylic acids is 1. The number of methoxy groups -OCH3 is 1. The lowest BCUT2D eigenvalue weighted by atomic mass is 9.90. The van der Waals surface area contributed by atoms with Crippen molar-refractivity contribution >= 4 is 17.3 Å². The Balaban J connectivity index is 0.00000237. The molecule has 42 heavy (non-hydrogen) atoms. The number of hydrogen-bond acceptors (Lipinski definition) is 7. The van der Waals surface area contributed by atoms with E-state index in [1.165, 1.54) is 37.7 Å². The quantitative estimate of drug-likeness (QED) is 0.341. The SMILES string of the molecule is CC.COC1=CC=CC(C(=N)C#Cc2cncc(C(=O)Nc3ccc(CN4CCN(C)CC4)c(C(F)(F)F)c3)c2)C1N. The van der Waals surface area contributed by atoms with Crippen molar-refractivity contribution in [2.45, 2.75) is 32.6 Å². The Bertz CT molecular complexity index is 1390. The lowest BCUT2D eigenvalue weighted by Crippen LogP contribution is -2.44. The summed E-state index contributed by atoms with van der Waals surface area (Å²) >= 11 is 0. The van der Waals surface area contributed by atoms with Gasteiger partial charge in [-0.05, 0) is 42.8 Å². The summed E-state index contributed by atoms with van der Waals surface area (Å²) in [6.45, 7) is 7.15. The fourth-order valence-electron chi connectivity index (χ4n) is 4.52. The summed E-state index contributed by atoms with van der Waals surface area (Å²) in [6, 6.07) is 4.77. The lowest BCUT2D eigenvalue weighted by Gasteiger charge is -2.33. The van der Waals surface area contributed by atoms with Crippen LogP contribution in [0.3, 0.4) is 0 Å². The number of anilines is 1. The van der Waals surface area contributed by atoms with Crippen molar-refractivity contribution in [3.05, 3.63) is 82.9 Å². The molecule has 1 aliphatic heterocycles. The van der Waals surface area contributed by atoms with Crippen LogP contribution in [0.1, 0.15) is 40.9 Å². The largest absolute Gasteiger partial charge is 0.499 e. The molecule has 1 saturated heterocycles. The van der Waals surface area contributed by atoms with Crippen molar-refractivity contribution in [1.82, 2.24) is 14.8 Å². The summed E-state index contributed by atoms with van der Waals surface area (Å²) in [5, 5.41) is 10.8. The molecule has 4 N–H and O–H groups in total. The Morgan fingerprint density at radius 1 is 1.19 bits per heavy atom.